The number of fused-ring (bicyclic) bond motifs is 1. The fourth-order valence-electron chi connectivity index (χ4n) is 4.03. The monoisotopic (exact) mass is 359 g/mol. The van der Waals surface area contributed by atoms with Crippen molar-refractivity contribution in [1.82, 2.24) is 4.90 Å². The third-order valence-corrected chi connectivity index (χ3v) is 5.41. The van der Waals surface area contributed by atoms with Crippen LogP contribution in [0.25, 0.3) is 0 Å². The van der Waals surface area contributed by atoms with Crippen LogP contribution < -0.4 is 0 Å². The Morgan fingerprint density at radius 2 is 1.81 bits per heavy atom. The summed E-state index contributed by atoms with van der Waals surface area (Å²) >= 11 is 0. The molecule has 1 unspecified atom stereocenters. The second-order valence-electron chi connectivity index (χ2n) is 7.33. The van der Waals surface area contributed by atoms with Crippen LogP contribution in [0.2, 0.25) is 0 Å². The summed E-state index contributed by atoms with van der Waals surface area (Å²) in [6.07, 6.45) is 4.67. The second kappa shape index (κ2) is 7.93. The van der Waals surface area contributed by atoms with E-state index in [-0.39, 0.29) is 11.8 Å². The van der Waals surface area contributed by atoms with Gasteiger partial charge in [-0.05, 0) is 54.5 Å². The molecule has 0 N–H and O–H groups in total. The first kappa shape index (κ1) is 17.7. The van der Waals surface area contributed by atoms with Crippen LogP contribution in [-0.4, -0.2) is 17.2 Å². The van der Waals surface area contributed by atoms with Crippen LogP contribution in [0.1, 0.15) is 41.0 Å². The van der Waals surface area contributed by atoms with E-state index in [1.54, 1.807) is 13.2 Å². The van der Waals surface area contributed by atoms with Gasteiger partial charge in [-0.1, -0.05) is 54.6 Å². The predicted octanol–water partition coefficient (Wildman–Crippen LogP) is 4.75. The highest BCUT2D eigenvalue weighted by Crippen LogP contribution is 2.29. The molecule has 0 aliphatic carbocycles. The van der Waals surface area contributed by atoms with Crippen molar-refractivity contribution in [3.8, 4) is 0 Å². The molecule has 0 bridgehead atoms. The molecule has 2 aromatic carbocycles. The summed E-state index contributed by atoms with van der Waals surface area (Å²) < 4.78 is 5.61. The number of hydrogen-bond acceptors (Lipinski definition) is 3. The largest absolute Gasteiger partial charge is 0.468 e. The number of carbonyl (C=O) groups excluding carboxylic acids is 1. The van der Waals surface area contributed by atoms with Crippen molar-refractivity contribution >= 4 is 5.78 Å². The summed E-state index contributed by atoms with van der Waals surface area (Å²) in [5.41, 5.74) is 4.97. The number of carbonyl (C=O) groups is 1. The molecule has 0 fully saturated rings. The molecule has 3 heteroatoms. The summed E-state index contributed by atoms with van der Waals surface area (Å²) in [6.45, 7) is 3.27. The Bertz CT molecular complexity index is 913. The summed E-state index contributed by atoms with van der Waals surface area (Å²) in [5, 5.41) is 0. The maximum Gasteiger partial charge on any atom is 0.151 e. The average molecular weight is 359 g/mol. The highest BCUT2D eigenvalue weighted by atomic mass is 16.3. The molecule has 0 saturated heterocycles. The Morgan fingerprint density at radius 1 is 1.04 bits per heavy atom. The van der Waals surface area contributed by atoms with Gasteiger partial charge in [0.2, 0.25) is 0 Å². The van der Waals surface area contributed by atoms with Crippen LogP contribution in [-0.2, 0) is 30.6 Å². The number of ketones is 1. The van der Waals surface area contributed by atoms with Crippen molar-refractivity contribution in [3.63, 3.8) is 0 Å². The van der Waals surface area contributed by atoms with E-state index in [0.29, 0.717) is 6.54 Å². The maximum atomic E-state index is 12.5. The molecule has 3 nitrogen and oxygen atoms in total. The molecule has 0 amide bonds. The fraction of sp³-hybridized carbons (Fsp3) is 0.292. The first-order valence-electron chi connectivity index (χ1n) is 9.63. The van der Waals surface area contributed by atoms with Crippen molar-refractivity contribution in [2.45, 2.75) is 38.8 Å². The minimum Gasteiger partial charge on any atom is -0.468 e. The zero-order valence-corrected chi connectivity index (χ0v) is 15.7. The van der Waals surface area contributed by atoms with Crippen molar-refractivity contribution in [2.75, 3.05) is 6.54 Å². The van der Waals surface area contributed by atoms with E-state index in [4.69, 9.17) is 4.42 Å². The molecule has 3 aromatic rings. The van der Waals surface area contributed by atoms with Gasteiger partial charge in [-0.25, -0.2) is 0 Å². The van der Waals surface area contributed by atoms with Crippen LogP contribution in [0.4, 0.5) is 0 Å². The van der Waals surface area contributed by atoms with Gasteiger partial charge in [0, 0.05) is 6.54 Å². The second-order valence-corrected chi connectivity index (χ2v) is 7.33. The molecular weight excluding hydrogens is 334 g/mol. The number of nitrogens with zero attached hydrogens (tertiary/aromatic N) is 1. The molecular formula is C24H25NO2. The van der Waals surface area contributed by atoms with Gasteiger partial charge in [-0.2, -0.15) is 0 Å². The minimum atomic E-state index is -0.208. The summed E-state index contributed by atoms with van der Waals surface area (Å²) in [5.74, 6) is 1.18. The lowest BCUT2D eigenvalue weighted by Gasteiger charge is -2.32. The van der Waals surface area contributed by atoms with E-state index in [2.05, 4.69) is 53.4 Å². The molecule has 1 aliphatic heterocycles. The number of rotatable bonds is 6. The lowest BCUT2D eigenvalue weighted by atomic mass is 9.95. The SMILES string of the molecule is CC(=O)C(c1cccc(CCc2ccccc2)c1)N1CCc2ccoc2C1. The Morgan fingerprint density at radius 3 is 2.63 bits per heavy atom. The lowest BCUT2D eigenvalue weighted by Crippen LogP contribution is -2.37. The average Bonchev–Trinajstić information content (AvgIpc) is 3.15. The topological polar surface area (TPSA) is 33.5 Å². The molecule has 0 saturated carbocycles. The van der Waals surface area contributed by atoms with Crippen LogP contribution in [0.5, 0.6) is 0 Å². The quantitative estimate of drug-likeness (QED) is 0.637. The van der Waals surface area contributed by atoms with Gasteiger partial charge >= 0.3 is 0 Å². The Balaban J connectivity index is 1.52. The number of furan rings is 1. The Labute approximate surface area is 160 Å². The minimum absolute atomic E-state index is 0.185. The van der Waals surface area contributed by atoms with Crippen LogP contribution in [0, 0.1) is 0 Å². The number of benzene rings is 2. The molecule has 0 spiro atoms. The smallest absolute Gasteiger partial charge is 0.151 e. The molecule has 4 rings (SSSR count). The molecule has 138 valence electrons. The van der Waals surface area contributed by atoms with E-state index in [1.165, 1.54) is 16.7 Å². The van der Waals surface area contributed by atoms with Crippen molar-refractivity contribution in [3.05, 3.63) is 94.9 Å². The summed E-state index contributed by atoms with van der Waals surface area (Å²) in [6, 6.07) is 20.9. The zero-order valence-electron chi connectivity index (χ0n) is 15.7. The van der Waals surface area contributed by atoms with Crippen molar-refractivity contribution < 1.29 is 9.21 Å². The molecule has 1 aliphatic rings. The van der Waals surface area contributed by atoms with Crippen molar-refractivity contribution in [2.24, 2.45) is 0 Å². The van der Waals surface area contributed by atoms with Crippen molar-refractivity contribution in [1.29, 1.82) is 0 Å². The van der Waals surface area contributed by atoms with E-state index < -0.39 is 0 Å². The number of Topliss-reactive ketones (excluding diaryl/α,β-unsaturated/α-hetero) is 1. The number of hydrogen-bond donors (Lipinski definition) is 0. The van der Waals surface area contributed by atoms with E-state index >= 15 is 0 Å². The maximum absolute atomic E-state index is 12.5. The van der Waals surface area contributed by atoms with Gasteiger partial charge in [-0.15, -0.1) is 0 Å². The highest BCUT2D eigenvalue weighted by Gasteiger charge is 2.29. The first-order chi connectivity index (χ1) is 13.2. The predicted molar refractivity (Wildman–Crippen MR) is 107 cm³/mol. The molecule has 27 heavy (non-hydrogen) atoms. The summed E-state index contributed by atoms with van der Waals surface area (Å²) in [7, 11) is 0. The van der Waals surface area contributed by atoms with Crippen LogP contribution >= 0.6 is 0 Å². The van der Waals surface area contributed by atoms with Gasteiger partial charge in [0.05, 0.1) is 18.8 Å². The standard InChI is InChI=1S/C24H25NO2/c1-18(26)24(25-14-12-21-13-15-27-23(21)17-25)22-9-5-8-20(16-22)11-10-19-6-3-2-4-7-19/h2-9,13,15-16,24H,10-12,14,17H2,1H3. The fourth-order valence-corrected chi connectivity index (χ4v) is 4.03. The third-order valence-electron chi connectivity index (χ3n) is 5.41. The normalized spacial score (nSPS) is 15.3. The molecule has 2 heterocycles. The van der Waals surface area contributed by atoms with E-state index in [9.17, 15) is 4.79 Å². The third kappa shape index (κ3) is 4.04. The molecule has 0 radical (unpaired) electrons. The van der Waals surface area contributed by atoms with E-state index in [0.717, 1.165) is 37.1 Å². The Kier molecular flexibility index (Phi) is 5.21. The van der Waals surface area contributed by atoms with Gasteiger partial charge in [0.15, 0.2) is 5.78 Å². The highest BCUT2D eigenvalue weighted by molar-refractivity contribution is 5.83. The van der Waals surface area contributed by atoms with Gasteiger partial charge in [0.1, 0.15) is 5.76 Å². The van der Waals surface area contributed by atoms with E-state index in [1.807, 2.05) is 12.1 Å². The van der Waals surface area contributed by atoms with Gasteiger partial charge in [-0.3, -0.25) is 9.69 Å². The van der Waals surface area contributed by atoms with Crippen LogP contribution in [0.15, 0.2) is 71.3 Å². The first-order valence-corrected chi connectivity index (χ1v) is 9.63. The van der Waals surface area contributed by atoms with Crippen LogP contribution in [0.3, 0.4) is 0 Å². The Hall–Kier alpha value is -2.65. The molecule has 1 aromatic heterocycles. The molecule has 1 atom stereocenters. The van der Waals surface area contributed by atoms with Gasteiger partial charge < -0.3 is 4.42 Å². The lowest BCUT2D eigenvalue weighted by molar-refractivity contribution is -0.122. The summed E-state index contributed by atoms with van der Waals surface area (Å²) in [4.78, 5) is 14.8. The number of aryl methyl sites for hydroxylation is 2. The van der Waals surface area contributed by atoms with Gasteiger partial charge in [0.25, 0.3) is 0 Å². The zero-order chi connectivity index (χ0) is 18.6.